The van der Waals surface area contributed by atoms with Gasteiger partial charge in [0.1, 0.15) is 5.84 Å². The summed E-state index contributed by atoms with van der Waals surface area (Å²) in [4.78, 5) is 7.99. The molecule has 1 aliphatic heterocycles. The van der Waals surface area contributed by atoms with Gasteiger partial charge in [0.05, 0.1) is 21.0 Å². The lowest BCUT2D eigenvalue weighted by molar-refractivity contribution is 0.255. The summed E-state index contributed by atoms with van der Waals surface area (Å²) in [6, 6.07) is 12.4. The fourth-order valence-corrected chi connectivity index (χ4v) is 4.65. The highest BCUT2D eigenvalue weighted by Gasteiger charge is 2.34. The first-order chi connectivity index (χ1) is 12.5. The van der Waals surface area contributed by atoms with E-state index >= 15 is 0 Å². The van der Waals surface area contributed by atoms with Crippen LogP contribution in [-0.2, 0) is 6.54 Å². The molecule has 0 radical (unpaired) electrons. The molecule has 0 amide bonds. The Hall–Kier alpha value is -1.76. The Kier molecular flexibility index (Phi) is 4.82. The van der Waals surface area contributed by atoms with E-state index in [1.165, 1.54) is 17.3 Å². The monoisotopic (exact) mass is 384 g/mol. The Labute approximate surface area is 163 Å². The minimum absolute atomic E-state index is 0.00988. The molecule has 136 valence electrons. The molecule has 6 heteroatoms. The molecule has 0 aliphatic carbocycles. The van der Waals surface area contributed by atoms with Crippen LogP contribution < -0.4 is 5.73 Å². The van der Waals surface area contributed by atoms with Crippen LogP contribution in [0.15, 0.2) is 53.0 Å². The van der Waals surface area contributed by atoms with Crippen LogP contribution in [-0.4, -0.2) is 33.8 Å². The van der Waals surface area contributed by atoms with Gasteiger partial charge in [-0.2, -0.15) is 12.6 Å². The zero-order chi connectivity index (χ0) is 18.1. The molecule has 3 heterocycles. The summed E-state index contributed by atoms with van der Waals surface area (Å²) >= 11 is 6.56. The van der Waals surface area contributed by atoms with Crippen molar-refractivity contribution in [1.82, 2.24) is 9.47 Å². The molecule has 1 aromatic carbocycles. The summed E-state index contributed by atoms with van der Waals surface area (Å²) in [7, 11) is 2.17. The number of rotatable bonds is 5. The van der Waals surface area contributed by atoms with Crippen LogP contribution in [0, 0.1) is 0 Å². The van der Waals surface area contributed by atoms with Crippen molar-refractivity contribution >= 4 is 46.4 Å². The Morgan fingerprint density at radius 2 is 2.23 bits per heavy atom. The Balaban J connectivity index is 1.58. The number of fused-ring (bicyclic) bond motifs is 1. The summed E-state index contributed by atoms with van der Waals surface area (Å²) in [5.74, 6) is 0.569. The van der Waals surface area contributed by atoms with E-state index in [1.807, 2.05) is 23.6 Å². The zero-order valence-corrected chi connectivity index (χ0v) is 16.6. The fraction of sp³-hybridized carbons (Fsp3) is 0.350. The number of thiol groups is 1. The molecule has 0 bridgehead atoms. The highest BCUT2D eigenvalue weighted by atomic mass is 32.1. The molecule has 1 aliphatic rings. The topological polar surface area (TPSA) is 46.5 Å². The normalized spacial score (nSPS) is 21.7. The molecule has 1 unspecified atom stereocenters. The lowest BCUT2D eigenvalue weighted by Gasteiger charge is -2.31. The van der Waals surface area contributed by atoms with Crippen molar-refractivity contribution in [2.75, 3.05) is 13.6 Å². The van der Waals surface area contributed by atoms with Crippen LogP contribution in [0.5, 0.6) is 0 Å². The maximum absolute atomic E-state index is 6.14. The zero-order valence-electron chi connectivity index (χ0n) is 14.9. The van der Waals surface area contributed by atoms with Crippen LogP contribution in [0.2, 0.25) is 0 Å². The SMILES string of the molecule is CN1CCCC1(S)CCn1ccc2ccc(N=C(N)c3cccs3)cc21. The number of nitrogens with two attached hydrogens (primary N) is 1. The molecule has 3 aromatic rings. The molecule has 2 aromatic heterocycles. The second kappa shape index (κ2) is 7.10. The van der Waals surface area contributed by atoms with Gasteiger partial charge in [-0.15, -0.1) is 11.3 Å². The summed E-state index contributed by atoms with van der Waals surface area (Å²) in [5.41, 5.74) is 8.23. The van der Waals surface area contributed by atoms with Gasteiger partial charge >= 0.3 is 0 Å². The van der Waals surface area contributed by atoms with Gasteiger partial charge in [-0.05, 0) is 67.9 Å². The predicted molar refractivity (Wildman–Crippen MR) is 115 cm³/mol. The van der Waals surface area contributed by atoms with Gasteiger partial charge in [0.15, 0.2) is 0 Å². The number of aryl methyl sites for hydroxylation is 1. The minimum Gasteiger partial charge on any atom is -0.383 e. The number of likely N-dealkylation sites (tertiary alicyclic amines) is 1. The van der Waals surface area contributed by atoms with Gasteiger partial charge in [0, 0.05) is 12.7 Å². The summed E-state index contributed by atoms with van der Waals surface area (Å²) < 4.78 is 2.31. The molecule has 1 saturated heterocycles. The number of benzene rings is 1. The Morgan fingerprint density at radius 1 is 1.35 bits per heavy atom. The standard InChI is InChI=1S/C20H24N4S2/c1-23-10-3-8-20(23,25)9-12-24-11-7-15-5-6-16(14-17(15)24)22-19(21)18-4-2-13-26-18/h2,4-7,11,13-14,25H,3,8-10,12H2,1H3,(H2,21,22). The van der Waals surface area contributed by atoms with E-state index in [-0.39, 0.29) is 4.87 Å². The molecule has 4 rings (SSSR count). The third-order valence-corrected chi connectivity index (χ3v) is 7.00. The molecular weight excluding hydrogens is 360 g/mol. The van der Waals surface area contributed by atoms with Crippen molar-refractivity contribution in [3.8, 4) is 0 Å². The average molecular weight is 385 g/mol. The fourth-order valence-electron chi connectivity index (χ4n) is 3.67. The van der Waals surface area contributed by atoms with E-state index in [9.17, 15) is 0 Å². The second-order valence-electron chi connectivity index (χ2n) is 6.98. The summed E-state index contributed by atoms with van der Waals surface area (Å²) in [6.45, 7) is 2.09. The van der Waals surface area contributed by atoms with Crippen LogP contribution in [0.3, 0.4) is 0 Å². The molecular formula is C20H24N4S2. The first-order valence-electron chi connectivity index (χ1n) is 8.96. The van der Waals surface area contributed by atoms with Crippen molar-refractivity contribution < 1.29 is 0 Å². The lowest BCUT2D eigenvalue weighted by Crippen LogP contribution is -2.36. The number of hydrogen-bond acceptors (Lipinski definition) is 4. The van der Waals surface area contributed by atoms with Gasteiger partial charge in [-0.1, -0.05) is 12.1 Å². The van der Waals surface area contributed by atoms with Crippen LogP contribution in [0.4, 0.5) is 5.69 Å². The molecule has 0 spiro atoms. The number of thiophene rings is 1. The first kappa shape index (κ1) is 17.6. The highest BCUT2D eigenvalue weighted by molar-refractivity contribution is 7.81. The summed E-state index contributed by atoms with van der Waals surface area (Å²) in [5, 5.41) is 3.24. The first-order valence-corrected chi connectivity index (χ1v) is 10.3. The number of amidine groups is 1. The molecule has 26 heavy (non-hydrogen) atoms. The van der Waals surface area contributed by atoms with Gasteiger partial charge in [0.2, 0.25) is 0 Å². The van der Waals surface area contributed by atoms with Crippen molar-refractivity contribution in [3.05, 3.63) is 52.9 Å². The van der Waals surface area contributed by atoms with E-state index in [1.54, 1.807) is 11.3 Å². The maximum Gasteiger partial charge on any atom is 0.141 e. The van der Waals surface area contributed by atoms with Crippen molar-refractivity contribution in [3.63, 3.8) is 0 Å². The lowest BCUT2D eigenvalue weighted by atomic mass is 10.1. The maximum atomic E-state index is 6.14. The average Bonchev–Trinajstić information content (AvgIpc) is 3.35. The number of aromatic nitrogens is 1. The molecule has 0 saturated carbocycles. The predicted octanol–water partition coefficient (Wildman–Crippen LogP) is 4.48. The molecule has 1 fully saturated rings. The van der Waals surface area contributed by atoms with E-state index < -0.39 is 0 Å². The molecule has 2 N–H and O–H groups in total. The minimum atomic E-state index is 0.00988. The van der Waals surface area contributed by atoms with Crippen LogP contribution in [0.25, 0.3) is 10.9 Å². The largest absolute Gasteiger partial charge is 0.383 e. The van der Waals surface area contributed by atoms with Gasteiger partial charge in [-0.3, -0.25) is 4.90 Å². The van der Waals surface area contributed by atoms with Gasteiger partial charge < -0.3 is 10.3 Å². The molecule has 4 nitrogen and oxygen atoms in total. The number of nitrogens with zero attached hydrogens (tertiary/aromatic N) is 3. The highest BCUT2D eigenvalue weighted by Crippen LogP contribution is 2.35. The van der Waals surface area contributed by atoms with Crippen molar-refractivity contribution in [1.29, 1.82) is 0 Å². The summed E-state index contributed by atoms with van der Waals surface area (Å²) in [6.07, 6.45) is 5.57. The molecule has 1 atom stereocenters. The number of hydrogen-bond donors (Lipinski definition) is 2. The van der Waals surface area contributed by atoms with Gasteiger partial charge in [0.25, 0.3) is 0 Å². The third-order valence-electron chi connectivity index (χ3n) is 5.31. The Morgan fingerprint density at radius 3 is 2.96 bits per heavy atom. The second-order valence-corrected chi connectivity index (χ2v) is 8.76. The van der Waals surface area contributed by atoms with Crippen molar-refractivity contribution in [2.45, 2.75) is 30.7 Å². The third kappa shape index (κ3) is 3.41. The van der Waals surface area contributed by atoms with E-state index in [4.69, 9.17) is 18.4 Å². The smallest absolute Gasteiger partial charge is 0.141 e. The van der Waals surface area contributed by atoms with E-state index in [2.05, 4.69) is 45.9 Å². The van der Waals surface area contributed by atoms with E-state index in [0.717, 1.165) is 36.5 Å². The van der Waals surface area contributed by atoms with Crippen LogP contribution in [0.1, 0.15) is 24.1 Å². The Bertz CT molecular complexity index is 929. The van der Waals surface area contributed by atoms with E-state index in [0.29, 0.717) is 5.84 Å². The number of aliphatic imine (C=N–C) groups is 1. The van der Waals surface area contributed by atoms with Gasteiger partial charge in [-0.25, -0.2) is 4.99 Å². The quantitative estimate of drug-likeness (QED) is 0.387. The van der Waals surface area contributed by atoms with Crippen molar-refractivity contribution in [2.24, 2.45) is 10.7 Å². The van der Waals surface area contributed by atoms with Crippen LogP contribution >= 0.6 is 24.0 Å².